The Balaban J connectivity index is 1.72. The maximum Gasteiger partial charge on any atom is 0.337 e. The van der Waals surface area contributed by atoms with E-state index in [1.165, 1.54) is 33.4 Å². The smallest absolute Gasteiger partial charge is 0.337 e. The largest absolute Gasteiger partial charge is 0.497 e. The Labute approximate surface area is 200 Å². The zero-order valence-electron chi connectivity index (χ0n) is 19.3. The van der Waals surface area contributed by atoms with Crippen LogP contribution in [0.3, 0.4) is 0 Å². The molecule has 0 saturated heterocycles. The molecule has 2 aromatic heterocycles. The molecular formula is C27H23FN4O3. The molecule has 0 aliphatic rings. The Kier molecular flexibility index (Phi) is 5.78. The molecule has 0 amide bonds. The van der Waals surface area contributed by atoms with Gasteiger partial charge in [0.1, 0.15) is 11.6 Å². The zero-order chi connectivity index (χ0) is 24.5. The first kappa shape index (κ1) is 22.3. The van der Waals surface area contributed by atoms with Crippen molar-refractivity contribution in [3.8, 4) is 11.4 Å². The van der Waals surface area contributed by atoms with E-state index >= 15 is 0 Å². The normalized spacial score (nSPS) is 11.2. The van der Waals surface area contributed by atoms with Crippen LogP contribution in [0.2, 0.25) is 0 Å². The van der Waals surface area contributed by atoms with Crippen molar-refractivity contribution in [1.82, 2.24) is 18.7 Å². The molecule has 0 saturated carbocycles. The number of rotatable bonds is 6. The van der Waals surface area contributed by atoms with Crippen molar-refractivity contribution in [2.24, 2.45) is 0 Å². The number of aromatic nitrogens is 4. The van der Waals surface area contributed by atoms with E-state index in [4.69, 9.17) is 4.74 Å². The summed E-state index contributed by atoms with van der Waals surface area (Å²) >= 11 is 0. The quantitative estimate of drug-likeness (QED) is 0.377. The molecule has 35 heavy (non-hydrogen) atoms. The van der Waals surface area contributed by atoms with Crippen molar-refractivity contribution in [2.45, 2.75) is 20.0 Å². The highest BCUT2D eigenvalue weighted by atomic mass is 19.1. The first-order valence-corrected chi connectivity index (χ1v) is 11.1. The average molecular weight is 471 g/mol. The third-order valence-electron chi connectivity index (χ3n) is 5.92. The molecule has 0 atom stereocenters. The molecule has 3 aromatic carbocycles. The highest BCUT2D eigenvalue weighted by molar-refractivity contribution is 5.72. The molecule has 7 nitrogen and oxygen atoms in total. The molecule has 0 spiro atoms. The minimum atomic E-state index is -0.550. The van der Waals surface area contributed by atoms with E-state index in [1.54, 1.807) is 42.3 Å². The average Bonchev–Trinajstić information content (AvgIpc) is 3.26. The molecule has 0 aliphatic heterocycles. The van der Waals surface area contributed by atoms with Crippen LogP contribution in [0, 0.1) is 12.7 Å². The summed E-state index contributed by atoms with van der Waals surface area (Å²) in [6.45, 7) is 2.48. The Morgan fingerprint density at radius 3 is 2.34 bits per heavy atom. The summed E-state index contributed by atoms with van der Waals surface area (Å²) in [7, 11) is 1.57. The lowest BCUT2D eigenvalue weighted by molar-refractivity contribution is 0.414. The molecule has 0 aliphatic carbocycles. The highest BCUT2D eigenvalue weighted by Crippen LogP contribution is 2.17. The number of nitrogens with zero attached hydrogens (tertiary/aromatic N) is 4. The number of benzene rings is 3. The summed E-state index contributed by atoms with van der Waals surface area (Å²) in [5, 5.41) is 0. The third-order valence-corrected chi connectivity index (χ3v) is 5.92. The fraction of sp³-hybridized carbons (Fsp3) is 0.148. The van der Waals surface area contributed by atoms with Crippen LogP contribution in [0.5, 0.6) is 5.75 Å². The number of fused-ring (bicyclic) bond motifs is 1. The maximum atomic E-state index is 13.7. The molecular weight excluding hydrogens is 447 g/mol. The van der Waals surface area contributed by atoms with E-state index in [1.807, 2.05) is 31.2 Å². The molecule has 0 N–H and O–H groups in total. The summed E-state index contributed by atoms with van der Waals surface area (Å²) in [5.74, 6) is 0.256. The molecule has 0 radical (unpaired) electrons. The van der Waals surface area contributed by atoms with E-state index in [-0.39, 0.29) is 12.2 Å². The summed E-state index contributed by atoms with van der Waals surface area (Å²) < 4.78 is 23.1. The van der Waals surface area contributed by atoms with Crippen LogP contribution in [0.15, 0.2) is 88.7 Å². The van der Waals surface area contributed by atoms with Gasteiger partial charge in [-0.25, -0.2) is 18.7 Å². The predicted molar refractivity (Wildman–Crippen MR) is 132 cm³/mol. The molecule has 8 heteroatoms. The van der Waals surface area contributed by atoms with Crippen LogP contribution in [-0.2, 0) is 13.1 Å². The summed E-state index contributed by atoms with van der Waals surface area (Å²) in [6.07, 6.45) is 1.56. The monoisotopic (exact) mass is 470 g/mol. The van der Waals surface area contributed by atoms with Crippen molar-refractivity contribution in [1.29, 1.82) is 0 Å². The highest BCUT2D eigenvalue weighted by Gasteiger charge is 2.20. The second kappa shape index (κ2) is 9.06. The molecule has 2 heterocycles. The van der Waals surface area contributed by atoms with Crippen LogP contribution in [0.25, 0.3) is 16.9 Å². The minimum absolute atomic E-state index is 0.0639. The first-order chi connectivity index (χ1) is 16.9. The van der Waals surface area contributed by atoms with Gasteiger partial charge in [-0.2, -0.15) is 0 Å². The Bertz CT molecular complexity index is 1630. The van der Waals surface area contributed by atoms with Gasteiger partial charge >= 0.3 is 5.69 Å². The van der Waals surface area contributed by atoms with Crippen LogP contribution in [0.4, 0.5) is 4.39 Å². The Morgan fingerprint density at radius 2 is 1.66 bits per heavy atom. The van der Waals surface area contributed by atoms with Gasteiger partial charge < -0.3 is 9.30 Å². The van der Waals surface area contributed by atoms with E-state index in [0.717, 1.165) is 16.7 Å². The lowest BCUT2D eigenvalue weighted by Gasteiger charge is -2.13. The second-order valence-corrected chi connectivity index (χ2v) is 8.37. The van der Waals surface area contributed by atoms with Crippen LogP contribution >= 0.6 is 0 Å². The SMILES string of the molecule is COc1ccc(Cn2c(=O)c3c(ncn3Cc3cccc(C)c3)n(-c3ccc(F)cc3)c2=O)cc1. The van der Waals surface area contributed by atoms with E-state index in [2.05, 4.69) is 4.98 Å². The second-order valence-electron chi connectivity index (χ2n) is 8.37. The number of imidazole rings is 1. The fourth-order valence-corrected chi connectivity index (χ4v) is 4.18. The standard InChI is InChI=1S/C27H23FN4O3/c1-18-4-3-5-20(14-18)15-30-17-29-25-24(30)26(33)31(16-19-6-12-23(35-2)13-7-19)27(34)32(25)22-10-8-21(28)9-11-22/h3-14,17H,15-16H2,1-2H3. The van der Waals surface area contributed by atoms with Gasteiger partial charge in [-0.3, -0.25) is 9.36 Å². The summed E-state index contributed by atoms with van der Waals surface area (Å²) in [6, 6.07) is 20.7. The van der Waals surface area contributed by atoms with Crippen LogP contribution < -0.4 is 16.0 Å². The van der Waals surface area contributed by atoms with Crippen LogP contribution in [0.1, 0.15) is 16.7 Å². The van der Waals surface area contributed by atoms with E-state index in [9.17, 15) is 14.0 Å². The van der Waals surface area contributed by atoms with Crippen LogP contribution in [-0.4, -0.2) is 25.8 Å². The third kappa shape index (κ3) is 4.26. The molecule has 5 aromatic rings. The predicted octanol–water partition coefficient (Wildman–Crippen LogP) is 3.90. The Hall–Kier alpha value is -4.46. The number of methoxy groups -OCH3 is 1. The summed E-state index contributed by atoms with van der Waals surface area (Å²) in [4.78, 5) is 31.7. The van der Waals surface area contributed by atoms with Gasteiger partial charge in [-0.05, 0) is 54.4 Å². The number of halogens is 1. The first-order valence-electron chi connectivity index (χ1n) is 11.1. The van der Waals surface area contributed by atoms with Gasteiger partial charge in [0.15, 0.2) is 11.2 Å². The summed E-state index contributed by atoms with van der Waals surface area (Å²) in [5.41, 5.74) is 2.83. The molecule has 0 bridgehead atoms. The molecule has 176 valence electrons. The van der Waals surface area contributed by atoms with Crippen molar-refractivity contribution in [3.63, 3.8) is 0 Å². The fourth-order valence-electron chi connectivity index (χ4n) is 4.18. The topological polar surface area (TPSA) is 71.1 Å². The van der Waals surface area contributed by atoms with Gasteiger partial charge in [0, 0.05) is 6.54 Å². The molecule has 0 unspecified atom stereocenters. The minimum Gasteiger partial charge on any atom is -0.497 e. The van der Waals surface area contributed by atoms with Crippen molar-refractivity contribution >= 4 is 11.2 Å². The zero-order valence-corrected chi connectivity index (χ0v) is 19.3. The van der Waals surface area contributed by atoms with Crippen molar-refractivity contribution < 1.29 is 9.13 Å². The van der Waals surface area contributed by atoms with Gasteiger partial charge in [0.05, 0.1) is 25.7 Å². The van der Waals surface area contributed by atoms with E-state index < -0.39 is 17.1 Å². The Morgan fingerprint density at radius 1 is 0.914 bits per heavy atom. The van der Waals surface area contributed by atoms with Gasteiger partial charge in [0.2, 0.25) is 0 Å². The maximum absolute atomic E-state index is 13.7. The number of aryl methyl sites for hydroxylation is 1. The van der Waals surface area contributed by atoms with Gasteiger partial charge in [-0.1, -0.05) is 42.0 Å². The van der Waals surface area contributed by atoms with Gasteiger partial charge in [-0.15, -0.1) is 0 Å². The van der Waals surface area contributed by atoms with Gasteiger partial charge in [0.25, 0.3) is 5.56 Å². The molecule has 5 rings (SSSR count). The lowest BCUT2D eigenvalue weighted by Crippen LogP contribution is -2.40. The van der Waals surface area contributed by atoms with E-state index in [0.29, 0.717) is 23.5 Å². The van der Waals surface area contributed by atoms with Crippen molar-refractivity contribution in [3.05, 3.63) is 122 Å². The molecule has 0 fully saturated rings. The lowest BCUT2D eigenvalue weighted by atomic mass is 10.1. The van der Waals surface area contributed by atoms with Crippen molar-refractivity contribution in [2.75, 3.05) is 7.11 Å². The number of hydrogen-bond donors (Lipinski definition) is 0. The number of ether oxygens (including phenoxy) is 1. The number of hydrogen-bond acceptors (Lipinski definition) is 4.